The smallest absolute Gasteiger partial charge is 0.375 e. The lowest BCUT2D eigenvalue weighted by atomic mass is 10.2. The van der Waals surface area contributed by atoms with Crippen molar-refractivity contribution in [2.24, 2.45) is 0 Å². The average Bonchev–Trinajstić information content (AvgIpc) is 2.82. The molecule has 0 N–H and O–H groups in total. The van der Waals surface area contributed by atoms with Crippen molar-refractivity contribution >= 4 is 22.8 Å². The second kappa shape index (κ2) is 6.05. The van der Waals surface area contributed by atoms with Crippen LogP contribution in [-0.2, 0) is 16.1 Å². The van der Waals surface area contributed by atoms with Crippen LogP contribution in [0.2, 0.25) is 0 Å². The number of nitrogens with zero attached hydrogens (tertiary/aromatic N) is 1. The van der Waals surface area contributed by atoms with Gasteiger partial charge in [-0.15, -0.1) is 0 Å². The fourth-order valence-corrected chi connectivity index (χ4v) is 3.06. The maximum absolute atomic E-state index is 11.8. The standard InChI is InChI=1S/C14H18NO2S/c1-17-14(16)12-8-9-13(18-2)15(12)10-11-6-4-3-5-7-11/h3-7,12H,8-10H2,1-2H3/q+1/t12-/m0/s1. The van der Waals surface area contributed by atoms with Crippen LogP contribution in [0.1, 0.15) is 18.4 Å². The molecular formula is C14H18NO2S+. The fourth-order valence-electron chi connectivity index (χ4n) is 2.31. The molecule has 0 radical (unpaired) electrons. The molecule has 0 saturated heterocycles. The number of hydrogen-bond donors (Lipinski definition) is 0. The van der Waals surface area contributed by atoms with Gasteiger partial charge < -0.3 is 4.74 Å². The van der Waals surface area contributed by atoms with Crippen molar-refractivity contribution in [3.8, 4) is 0 Å². The van der Waals surface area contributed by atoms with Crippen LogP contribution in [0, 0.1) is 0 Å². The summed E-state index contributed by atoms with van der Waals surface area (Å²) in [5.41, 5.74) is 1.22. The number of ether oxygens (including phenoxy) is 1. The first-order valence-corrected chi connectivity index (χ1v) is 7.27. The average molecular weight is 264 g/mol. The van der Waals surface area contributed by atoms with E-state index < -0.39 is 0 Å². The molecule has 0 unspecified atom stereocenters. The van der Waals surface area contributed by atoms with E-state index >= 15 is 0 Å². The molecule has 4 heteroatoms. The molecule has 2 rings (SSSR count). The van der Waals surface area contributed by atoms with Crippen molar-refractivity contribution in [3.63, 3.8) is 0 Å². The van der Waals surface area contributed by atoms with Crippen molar-refractivity contribution in [1.29, 1.82) is 0 Å². The highest BCUT2D eigenvalue weighted by atomic mass is 32.2. The zero-order chi connectivity index (χ0) is 13.0. The number of carbonyl (C=O) groups excluding carboxylic acids is 1. The molecule has 1 aliphatic heterocycles. The molecule has 1 heterocycles. The number of methoxy groups -OCH3 is 1. The lowest BCUT2D eigenvalue weighted by Crippen LogP contribution is -2.32. The monoisotopic (exact) mass is 264 g/mol. The number of rotatable bonds is 3. The highest BCUT2D eigenvalue weighted by molar-refractivity contribution is 8.13. The topological polar surface area (TPSA) is 29.3 Å². The normalized spacial score (nSPS) is 19.1. The fraction of sp³-hybridized carbons (Fsp3) is 0.429. The van der Waals surface area contributed by atoms with Gasteiger partial charge in [-0.2, -0.15) is 0 Å². The first-order valence-electron chi connectivity index (χ1n) is 6.04. The Morgan fingerprint density at radius 3 is 2.78 bits per heavy atom. The Morgan fingerprint density at radius 1 is 1.44 bits per heavy atom. The van der Waals surface area contributed by atoms with E-state index in [4.69, 9.17) is 4.74 Å². The molecular weight excluding hydrogens is 246 g/mol. The minimum absolute atomic E-state index is 0.127. The molecule has 96 valence electrons. The quantitative estimate of drug-likeness (QED) is 0.619. The molecule has 0 aliphatic carbocycles. The van der Waals surface area contributed by atoms with Gasteiger partial charge in [0.15, 0.2) is 6.54 Å². The van der Waals surface area contributed by atoms with Crippen LogP contribution < -0.4 is 0 Å². The summed E-state index contributed by atoms with van der Waals surface area (Å²) in [4.78, 5) is 11.8. The van der Waals surface area contributed by atoms with E-state index in [1.807, 2.05) is 18.2 Å². The van der Waals surface area contributed by atoms with E-state index in [0.29, 0.717) is 0 Å². The molecule has 1 aromatic rings. The number of carbonyl (C=O) groups is 1. The summed E-state index contributed by atoms with van der Waals surface area (Å²) in [5, 5.41) is 1.27. The van der Waals surface area contributed by atoms with Gasteiger partial charge in [-0.25, -0.2) is 9.37 Å². The Morgan fingerprint density at radius 2 is 2.17 bits per heavy atom. The van der Waals surface area contributed by atoms with Gasteiger partial charge in [0.1, 0.15) is 0 Å². The highest BCUT2D eigenvalue weighted by Crippen LogP contribution is 2.22. The predicted octanol–water partition coefficient (Wildman–Crippen LogP) is 2.30. The zero-order valence-corrected chi connectivity index (χ0v) is 11.6. The van der Waals surface area contributed by atoms with Crippen LogP contribution in [0.5, 0.6) is 0 Å². The van der Waals surface area contributed by atoms with E-state index in [0.717, 1.165) is 19.4 Å². The number of hydrogen-bond acceptors (Lipinski definition) is 3. The van der Waals surface area contributed by atoms with E-state index in [1.165, 1.54) is 17.7 Å². The number of benzene rings is 1. The van der Waals surface area contributed by atoms with Crippen molar-refractivity contribution in [1.82, 2.24) is 0 Å². The van der Waals surface area contributed by atoms with Gasteiger partial charge in [-0.05, 0) is 6.26 Å². The Bertz CT molecular complexity index is 456. The molecule has 0 fully saturated rings. The Hall–Kier alpha value is -1.29. The Kier molecular flexibility index (Phi) is 4.42. The van der Waals surface area contributed by atoms with Crippen LogP contribution in [0.15, 0.2) is 30.3 Å². The van der Waals surface area contributed by atoms with E-state index in [2.05, 4.69) is 23.0 Å². The van der Waals surface area contributed by atoms with Crippen molar-refractivity contribution in [2.75, 3.05) is 13.4 Å². The molecule has 0 spiro atoms. The largest absolute Gasteiger partial charge is 0.464 e. The van der Waals surface area contributed by atoms with E-state index in [1.54, 1.807) is 11.8 Å². The van der Waals surface area contributed by atoms with Crippen molar-refractivity contribution in [2.45, 2.75) is 25.4 Å². The summed E-state index contributed by atoms with van der Waals surface area (Å²) in [6, 6.07) is 10.1. The minimum Gasteiger partial charge on any atom is -0.464 e. The van der Waals surface area contributed by atoms with Gasteiger partial charge in [0.25, 0.3) is 6.04 Å². The highest BCUT2D eigenvalue weighted by Gasteiger charge is 2.38. The molecule has 0 amide bonds. The summed E-state index contributed by atoms with van der Waals surface area (Å²) < 4.78 is 7.06. The molecule has 0 saturated carbocycles. The summed E-state index contributed by atoms with van der Waals surface area (Å²) in [6.07, 6.45) is 3.89. The van der Waals surface area contributed by atoms with Gasteiger partial charge in [0.05, 0.1) is 7.11 Å². The van der Waals surface area contributed by atoms with Gasteiger partial charge in [-0.1, -0.05) is 42.1 Å². The first kappa shape index (κ1) is 13.1. The molecule has 3 nitrogen and oxygen atoms in total. The van der Waals surface area contributed by atoms with Crippen molar-refractivity contribution in [3.05, 3.63) is 35.9 Å². The summed E-state index contributed by atoms with van der Waals surface area (Å²) >= 11 is 1.73. The lowest BCUT2D eigenvalue weighted by Gasteiger charge is -2.09. The van der Waals surface area contributed by atoms with Gasteiger partial charge in [-0.3, -0.25) is 0 Å². The van der Waals surface area contributed by atoms with E-state index in [-0.39, 0.29) is 12.0 Å². The van der Waals surface area contributed by atoms with Gasteiger partial charge >= 0.3 is 5.97 Å². The molecule has 0 aromatic heterocycles. The van der Waals surface area contributed by atoms with Crippen LogP contribution in [0.3, 0.4) is 0 Å². The summed E-state index contributed by atoms with van der Waals surface area (Å²) in [6.45, 7) is 0.775. The second-order valence-corrected chi connectivity index (χ2v) is 5.17. The predicted molar refractivity (Wildman–Crippen MR) is 74.0 cm³/mol. The Labute approximate surface area is 112 Å². The van der Waals surface area contributed by atoms with Crippen LogP contribution in [-0.4, -0.2) is 35.0 Å². The van der Waals surface area contributed by atoms with Gasteiger partial charge in [0.2, 0.25) is 5.04 Å². The molecule has 1 atom stereocenters. The SMILES string of the molecule is COC(=O)[C@@H]1CCC(SC)=[N+]1Cc1ccccc1. The van der Waals surface area contributed by atoms with Crippen molar-refractivity contribution < 1.29 is 14.1 Å². The number of thioether (sulfide) groups is 1. The third-order valence-electron chi connectivity index (χ3n) is 3.23. The summed E-state index contributed by atoms with van der Waals surface area (Å²) in [7, 11) is 1.46. The number of esters is 1. The van der Waals surface area contributed by atoms with Crippen LogP contribution in [0.4, 0.5) is 0 Å². The molecule has 0 bridgehead atoms. The van der Waals surface area contributed by atoms with Gasteiger partial charge in [0, 0.05) is 18.4 Å². The third-order valence-corrected chi connectivity index (χ3v) is 4.14. The maximum Gasteiger partial charge on any atom is 0.375 e. The molecule has 1 aromatic carbocycles. The second-order valence-electron chi connectivity index (χ2n) is 4.29. The lowest BCUT2D eigenvalue weighted by molar-refractivity contribution is -0.560. The van der Waals surface area contributed by atoms with E-state index in [9.17, 15) is 4.79 Å². The van der Waals surface area contributed by atoms with Crippen LogP contribution >= 0.6 is 11.8 Å². The Balaban J connectivity index is 2.23. The minimum atomic E-state index is -0.130. The third kappa shape index (κ3) is 2.75. The molecule has 1 aliphatic rings. The summed E-state index contributed by atoms with van der Waals surface area (Å²) in [5.74, 6) is -0.130. The zero-order valence-electron chi connectivity index (χ0n) is 10.8. The maximum atomic E-state index is 11.8. The first-order chi connectivity index (χ1) is 8.76. The molecule has 18 heavy (non-hydrogen) atoms. The van der Waals surface area contributed by atoms with Crippen LogP contribution in [0.25, 0.3) is 0 Å².